The molecule has 1 atom stereocenters. The number of benzene rings is 1. The topological polar surface area (TPSA) is 52.5 Å². The average Bonchev–Trinajstić information content (AvgIpc) is 2.84. The summed E-state index contributed by atoms with van der Waals surface area (Å²) in [7, 11) is 3.62. The Morgan fingerprint density at radius 1 is 1.48 bits per heavy atom. The van der Waals surface area contributed by atoms with Crippen molar-refractivity contribution >= 4 is 16.8 Å². The lowest BCUT2D eigenvalue weighted by Gasteiger charge is -2.22. The van der Waals surface area contributed by atoms with Crippen LogP contribution in [-0.4, -0.2) is 37.3 Å². The first-order valence-electron chi connectivity index (χ1n) is 8.10. The standard InChI is InChI=1S/C18H24N2O3/c1-12-17(18(21)19-10-13-5-4-8-23-11-13)15-9-14(22-3)6-7-16(15)20(12)2/h6-7,9,13H,4-5,8,10-11H2,1-3H3,(H,19,21). The van der Waals surface area contributed by atoms with Crippen molar-refractivity contribution in [3.63, 3.8) is 0 Å². The molecular formula is C18H24N2O3. The Bertz CT molecular complexity index is 715. The minimum absolute atomic E-state index is 0.0214. The highest BCUT2D eigenvalue weighted by molar-refractivity contribution is 6.08. The first kappa shape index (κ1) is 15.9. The summed E-state index contributed by atoms with van der Waals surface area (Å²) in [5.41, 5.74) is 2.73. The van der Waals surface area contributed by atoms with E-state index in [2.05, 4.69) is 5.32 Å². The van der Waals surface area contributed by atoms with Crippen molar-refractivity contribution in [2.45, 2.75) is 19.8 Å². The lowest BCUT2D eigenvalue weighted by atomic mass is 10.0. The summed E-state index contributed by atoms with van der Waals surface area (Å²) in [6.45, 7) is 4.22. The van der Waals surface area contributed by atoms with E-state index in [0.717, 1.165) is 54.0 Å². The summed E-state index contributed by atoms with van der Waals surface area (Å²) < 4.78 is 12.8. The number of aryl methyl sites for hydroxylation is 1. The third-order valence-corrected chi connectivity index (χ3v) is 4.73. The zero-order chi connectivity index (χ0) is 16.4. The first-order chi connectivity index (χ1) is 11.1. The highest BCUT2D eigenvalue weighted by Gasteiger charge is 2.21. The highest BCUT2D eigenvalue weighted by Crippen LogP contribution is 2.28. The Labute approximate surface area is 136 Å². The summed E-state index contributed by atoms with van der Waals surface area (Å²) in [4.78, 5) is 12.7. The van der Waals surface area contributed by atoms with Gasteiger partial charge in [-0.1, -0.05) is 0 Å². The summed E-state index contributed by atoms with van der Waals surface area (Å²) in [5, 5.41) is 4.01. The number of hydrogen-bond acceptors (Lipinski definition) is 3. The van der Waals surface area contributed by atoms with E-state index < -0.39 is 0 Å². The summed E-state index contributed by atoms with van der Waals surface area (Å²) in [6.07, 6.45) is 2.19. The van der Waals surface area contributed by atoms with E-state index in [1.165, 1.54) is 0 Å². The second-order valence-corrected chi connectivity index (χ2v) is 6.20. The third-order valence-electron chi connectivity index (χ3n) is 4.73. The number of fused-ring (bicyclic) bond motifs is 1. The number of rotatable bonds is 4. The van der Waals surface area contributed by atoms with Crippen LogP contribution in [0.4, 0.5) is 0 Å². The molecule has 1 unspecified atom stereocenters. The lowest BCUT2D eigenvalue weighted by Crippen LogP contribution is -2.33. The molecule has 5 nitrogen and oxygen atoms in total. The summed E-state index contributed by atoms with van der Waals surface area (Å²) in [5.74, 6) is 1.15. The molecule has 1 N–H and O–H groups in total. The maximum atomic E-state index is 12.7. The molecule has 124 valence electrons. The predicted molar refractivity (Wildman–Crippen MR) is 90.1 cm³/mol. The zero-order valence-electron chi connectivity index (χ0n) is 14.0. The van der Waals surface area contributed by atoms with Crippen LogP contribution in [0.25, 0.3) is 10.9 Å². The number of hydrogen-bond donors (Lipinski definition) is 1. The molecule has 0 bridgehead atoms. The van der Waals surface area contributed by atoms with Gasteiger partial charge in [0, 0.05) is 36.8 Å². The van der Waals surface area contributed by atoms with Crippen molar-refractivity contribution in [3.8, 4) is 5.75 Å². The molecule has 1 fully saturated rings. The fraction of sp³-hybridized carbons (Fsp3) is 0.500. The van der Waals surface area contributed by atoms with Gasteiger partial charge < -0.3 is 19.4 Å². The maximum Gasteiger partial charge on any atom is 0.253 e. The fourth-order valence-electron chi connectivity index (χ4n) is 3.26. The van der Waals surface area contributed by atoms with Crippen LogP contribution in [0.1, 0.15) is 28.9 Å². The molecule has 2 aromatic rings. The van der Waals surface area contributed by atoms with Gasteiger partial charge in [0.05, 0.1) is 19.3 Å². The minimum atomic E-state index is -0.0214. The number of nitrogens with zero attached hydrogens (tertiary/aromatic N) is 1. The number of aromatic nitrogens is 1. The normalized spacial score (nSPS) is 18.1. The van der Waals surface area contributed by atoms with Crippen molar-refractivity contribution in [1.29, 1.82) is 0 Å². The molecule has 2 heterocycles. The van der Waals surface area contributed by atoms with Gasteiger partial charge in [-0.2, -0.15) is 0 Å². The smallest absolute Gasteiger partial charge is 0.253 e. The minimum Gasteiger partial charge on any atom is -0.497 e. The first-order valence-corrected chi connectivity index (χ1v) is 8.10. The molecule has 5 heteroatoms. The van der Waals surface area contributed by atoms with Gasteiger partial charge in [0.1, 0.15) is 5.75 Å². The second kappa shape index (κ2) is 6.62. The predicted octanol–water partition coefficient (Wildman–Crippen LogP) is 2.65. The SMILES string of the molecule is COc1ccc2c(c1)c(C(=O)NCC1CCCOC1)c(C)n2C. The van der Waals surface area contributed by atoms with Gasteiger partial charge in [-0.05, 0) is 43.9 Å². The van der Waals surface area contributed by atoms with Gasteiger partial charge in [-0.3, -0.25) is 4.79 Å². The molecule has 1 saturated heterocycles. The number of nitrogens with one attached hydrogen (secondary N) is 1. The Kier molecular flexibility index (Phi) is 4.57. The van der Waals surface area contributed by atoms with Gasteiger partial charge in [0.25, 0.3) is 5.91 Å². The van der Waals surface area contributed by atoms with Crippen LogP contribution in [0, 0.1) is 12.8 Å². The van der Waals surface area contributed by atoms with Gasteiger partial charge in [0.15, 0.2) is 0 Å². The van der Waals surface area contributed by atoms with Crippen LogP contribution in [0.15, 0.2) is 18.2 Å². The molecule has 0 spiro atoms. The number of methoxy groups -OCH3 is 1. The number of carbonyl (C=O) groups is 1. The van der Waals surface area contributed by atoms with Gasteiger partial charge in [-0.15, -0.1) is 0 Å². The van der Waals surface area contributed by atoms with E-state index in [1.54, 1.807) is 7.11 Å². The van der Waals surface area contributed by atoms with E-state index >= 15 is 0 Å². The zero-order valence-corrected chi connectivity index (χ0v) is 14.0. The average molecular weight is 316 g/mol. The molecule has 1 aliphatic rings. The molecule has 1 aromatic carbocycles. The Hall–Kier alpha value is -2.01. The molecule has 1 aliphatic heterocycles. The Morgan fingerprint density at radius 2 is 2.30 bits per heavy atom. The largest absolute Gasteiger partial charge is 0.497 e. The fourth-order valence-corrected chi connectivity index (χ4v) is 3.26. The van der Waals surface area contributed by atoms with Crippen LogP contribution < -0.4 is 10.1 Å². The molecular weight excluding hydrogens is 292 g/mol. The van der Waals surface area contributed by atoms with Crippen molar-refractivity contribution in [1.82, 2.24) is 9.88 Å². The third kappa shape index (κ3) is 3.06. The number of ether oxygens (including phenoxy) is 2. The van der Waals surface area contributed by atoms with Gasteiger partial charge >= 0.3 is 0 Å². The van der Waals surface area contributed by atoms with Crippen molar-refractivity contribution in [2.24, 2.45) is 13.0 Å². The van der Waals surface area contributed by atoms with E-state index in [0.29, 0.717) is 12.5 Å². The number of amides is 1. The van der Waals surface area contributed by atoms with Crippen LogP contribution in [0.2, 0.25) is 0 Å². The molecule has 0 radical (unpaired) electrons. The molecule has 0 aliphatic carbocycles. The Morgan fingerprint density at radius 3 is 3.00 bits per heavy atom. The van der Waals surface area contributed by atoms with E-state index in [9.17, 15) is 4.79 Å². The van der Waals surface area contributed by atoms with E-state index in [1.807, 2.05) is 36.7 Å². The molecule has 23 heavy (non-hydrogen) atoms. The van der Waals surface area contributed by atoms with E-state index in [-0.39, 0.29) is 5.91 Å². The Balaban J connectivity index is 1.85. The van der Waals surface area contributed by atoms with Crippen molar-refractivity contribution in [3.05, 3.63) is 29.5 Å². The van der Waals surface area contributed by atoms with Crippen LogP contribution in [0.3, 0.4) is 0 Å². The quantitative estimate of drug-likeness (QED) is 0.943. The monoisotopic (exact) mass is 316 g/mol. The van der Waals surface area contributed by atoms with Crippen molar-refractivity contribution < 1.29 is 14.3 Å². The van der Waals surface area contributed by atoms with Crippen LogP contribution in [0.5, 0.6) is 5.75 Å². The van der Waals surface area contributed by atoms with Gasteiger partial charge in [-0.25, -0.2) is 0 Å². The van der Waals surface area contributed by atoms with Crippen LogP contribution >= 0.6 is 0 Å². The molecule has 1 aromatic heterocycles. The van der Waals surface area contributed by atoms with Crippen molar-refractivity contribution in [2.75, 3.05) is 26.9 Å². The molecule has 0 saturated carbocycles. The summed E-state index contributed by atoms with van der Waals surface area (Å²) >= 11 is 0. The number of carbonyl (C=O) groups excluding carboxylic acids is 1. The van der Waals surface area contributed by atoms with E-state index in [4.69, 9.17) is 9.47 Å². The summed E-state index contributed by atoms with van der Waals surface area (Å²) in [6, 6.07) is 5.84. The highest BCUT2D eigenvalue weighted by atomic mass is 16.5. The maximum absolute atomic E-state index is 12.7. The van der Waals surface area contributed by atoms with Gasteiger partial charge in [0.2, 0.25) is 0 Å². The lowest BCUT2D eigenvalue weighted by molar-refractivity contribution is 0.0536. The van der Waals surface area contributed by atoms with Crippen LogP contribution in [-0.2, 0) is 11.8 Å². The molecule has 1 amide bonds. The second-order valence-electron chi connectivity index (χ2n) is 6.20. The molecule has 3 rings (SSSR count).